The molecule has 0 aliphatic heterocycles. The van der Waals surface area contributed by atoms with Crippen LogP contribution in [-0.2, 0) is 4.79 Å². The van der Waals surface area contributed by atoms with Crippen molar-refractivity contribution in [2.75, 3.05) is 5.32 Å². The smallest absolute Gasteiger partial charge is 0.238 e. The number of carbonyl (C=O) groups excluding carboxylic acids is 1. The van der Waals surface area contributed by atoms with Gasteiger partial charge in [-0.15, -0.1) is 5.10 Å². The largest absolute Gasteiger partial charge is 0.310 e. The number of pyridine rings is 1. The van der Waals surface area contributed by atoms with E-state index in [1.165, 1.54) is 18.0 Å². The van der Waals surface area contributed by atoms with Crippen LogP contribution in [0.15, 0.2) is 47.8 Å². The highest BCUT2D eigenvalue weighted by atomic mass is 35.5. The molecule has 128 valence electrons. The molecule has 1 atom stereocenters. The Kier molecular flexibility index (Phi) is 5.57. The standard InChI is InChI=1S/C16H13Cl2N5OS/c1-9(15(24)20-13-7-6-12(18)8-19-13)25-16-21-14(22-23-16)10-2-4-11(17)5-3-10/h2-9H,1H3,(H,19,20,24)(H,21,22,23)/t9-/m1/s1. The van der Waals surface area contributed by atoms with Gasteiger partial charge in [0.2, 0.25) is 11.1 Å². The van der Waals surface area contributed by atoms with E-state index in [9.17, 15) is 4.79 Å². The van der Waals surface area contributed by atoms with Gasteiger partial charge in [-0.2, -0.15) is 0 Å². The van der Waals surface area contributed by atoms with Crippen molar-refractivity contribution in [3.05, 3.63) is 52.6 Å². The molecule has 0 spiro atoms. The Morgan fingerprint density at radius 3 is 2.56 bits per heavy atom. The number of halogens is 2. The van der Waals surface area contributed by atoms with Crippen LogP contribution in [-0.4, -0.2) is 31.3 Å². The number of aromatic nitrogens is 4. The highest BCUT2D eigenvalue weighted by Crippen LogP contribution is 2.24. The molecule has 0 saturated carbocycles. The monoisotopic (exact) mass is 393 g/mol. The predicted octanol–water partition coefficient (Wildman–Crippen LogP) is 4.29. The molecule has 2 N–H and O–H groups in total. The lowest BCUT2D eigenvalue weighted by molar-refractivity contribution is -0.115. The number of rotatable bonds is 5. The van der Waals surface area contributed by atoms with Crippen LogP contribution < -0.4 is 5.32 Å². The van der Waals surface area contributed by atoms with Crippen molar-refractivity contribution in [3.8, 4) is 11.4 Å². The lowest BCUT2D eigenvalue weighted by Crippen LogP contribution is -2.23. The van der Waals surface area contributed by atoms with Gasteiger partial charge in [0.25, 0.3) is 0 Å². The Balaban J connectivity index is 1.62. The van der Waals surface area contributed by atoms with E-state index in [-0.39, 0.29) is 5.91 Å². The quantitative estimate of drug-likeness (QED) is 0.631. The van der Waals surface area contributed by atoms with Gasteiger partial charge in [0.15, 0.2) is 5.82 Å². The number of nitrogens with one attached hydrogen (secondary N) is 2. The number of aromatic amines is 1. The van der Waals surface area contributed by atoms with Gasteiger partial charge in [-0.3, -0.25) is 9.89 Å². The summed E-state index contributed by atoms with van der Waals surface area (Å²) in [6, 6.07) is 10.6. The van der Waals surface area contributed by atoms with E-state index in [0.717, 1.165) is 5.56 Å². The number of H-pyrrole nitrogens is 1. The third-order valence-electron chi connectivity index (χ3n) is 3.21. The summed E-state index contributed by atoms with van der Waals surface area (Å²) in [4.78, 5) is 20.7. The molecule has 1 amide bonds. The van der Waals surface area contributed by atoms with E-state index < -0.39 is 5.25 Å². The highest BCUT2D eigenvalue weighted by molar-refractivity contribution is 8.00. The van der Waals surface area contributed by atoms with Crippen molar-refractivity contribution in [1.29, 1.82) is 0 Å². The molecule has 2 aromatic heterocycles. The summed E-state index contributed by atoms with van der Waals surface area (Å²) in [5.41, 5.74) is 0.867. The van der Waals surface area contributed by atoms with Crippen molar-refractivity contribution in [2.24, 2.45) is 0 Å². The second kappa shape index (κ2) is 7.86. The second-order valence-corrected chi connectivity index (χ2v) is 7.27. The third-order valence-corrected chi connectivity index (χ3v) is 4.65. The molecule has 25 heavy (non-hydrogen) atoms. The van der Waals surface area contributed by atoms with E-state index in [1.54, 1.807) is 31.2 Å². The Bertz CT molecular complexity index is 867. The van der Waals surface area contributed by atoms with Gasteiger partial charge in [-0.25, -0.2) is 9.97 Å². The molecule has 3 aromatic rings. The minimum Gasteiger partial charge on any atom is -0.310 e. The maximum absolute atomic E-state index is 12.2. The van der Waals surface area contributed by atoms with Gasteiger partial charge in [0.1, 0.15) is 5.82 Å². The van der Waals surface area contributed by atoms with Gasteiger partial charge in [-0.1, -0.05) is 35.0 Å². The van der Waals surface area contributed by atoms with E-state index >= 15 is 0 Å². The second-order valence-electron chi connectivity index (χ2n) is 5.08. The van der Waals surface area contributed by atoms with Crippen LogP contribution in [0.3, 0.4) is 0 Å². The fourth-order valence-electron chi connectivity index (χ4n) is 1.93. The SMILES string of the molecule is C[C@@H](Sc1n[nH]c(-c2ccc(Cl)cc2)n1)C(=O)Nc1ccc(Cl)cn1. The molecule has 0 aliphatic rings. The van der Waals surface area contributed by atoms with Crippen molar-refractivity contribution >= 4 is 46.7 Å². The van der Waals surface area contributed by atoms with E-state index in [0.29, 0.717) is 26.8 Å². The Morgan fingerprint density at radius 1 is 1.16 bits per heavy atom. The van der Waals surface area contributed by atoms with Crippen LogP contribution in [0.25, 0.3) is 11.4 Å². The molecule has 3 rings (SSSR count). The molecule has 9 heteroatoms. The van der Waals surface area contributed by atoms with E-state index in [2.05, 4.69) is 25.5 Å². The summed E-state index contributed by atoms with van der Waals surface area (Å²) in [7, 11) is 0. The Hall–Kier alpha value is -2.09. The first kappa shape index (κ1) is 17.7. The van der Waals surface area contributed by atoms with Gasteiger partial charge in [-0.05, 0) is 43.3 Å². The maximum atomic E-state index is 12.2. The van der Waals surface area contributed by atoms with Gasteiger partial charge >= 0.3 is 0 Å². The fraction of sp³-hybridized carbons (Fsp3) is 0.125. The van der Waals surface area contributed by atoms with E-state index in [4.69, 9.17) is 23.2 Å². The number of hydrogen-bond acceptors (Lipinski definition) is 5. The summed E-state index contributed by atoms with van der Waals surface area (Å²) in [5, 5.41) is 11.0. The van der Waals surface area contributed by atoms with E-state index in [1.807, 2.05) is 12.1 Å². The topological polar surface area (TPSA) is 83.6 Å². The number of hydrogen-bond donors (Lipinski definition) is 2. The Morgan fingerprint density at radius 2 is 1.88 bits per heavy atom. The van der Waals surface area contributed by atoms with Crippen molar-refractivity contribution in [1.82, 2.24) is 20.2 Å². The molecule has 0 aliphatic carbocycles. The number of carbonyl (C=O) groups is 1. The summed E-state index contributed by atoms with van der Waals surface area (Å²) < 4.78 is 0. The van der Waals surface area contributed by atoms with Crippen molar-refractivity contribution < 1.29 is 4.79 Å². The number of amides is 1. The molecule has 6 nitrogen and oxygen atoms in total. The Labute approximate surface area is 158 Å². The van der Waals surface area contributed by atoms with Crippen molar-refractivity contribution in [3.63, 3.8) is 0 Å². The molecular weight excluding hydrogens is 381 g/mol. The molecule has 2 heterocycles. The number of benzene rings is 1. The fourth-order valence-corrected chi connectivity index (χ4v) is 2.89. The molecular formula is C16H13Cl2N5OS. The normalized spacial score (nSPS) is 12.0. The summed E-state index contributed by atoms with van der Waals surface area (Å²) in [6.45, 7) is 1.77. The van der Waals surface area contributed by atoms with Gasteiger partial charge in [0.05, 0.1) is 10.3 Å². The highest BCUT2D eigenvalue weighted by Gasteiger charge is 2.18. The zero-order valence-electron chi connectivity index (χ0n) is 13.0. The van der Waals surface area contributed by atoms with Crippen LogP contribution >= 0.6 is 35.0 Å². The third kappa shape index (κ3) is 4.72. The van der Waals surface area contributed by atoms with Crippen LogP contribution in [0.4, 0.5) is 5.82 Å². The first-order valence-corrected chi connectivity index (χ1v) is 8.92. The molecule has 0 unspecified atom stereocenters. The minimum absolute atomic E-state index is 0.197. The first-order valence-electron chi connectivity index (χ1n) is 7.28. The lowest BCUT2D eigenvalue weighted by Gasteiger charge is -2.09. The zero-order valence-corrected chi connectivity index (χ0v) is 15.4. The summed E-state index contributed by atoms with van der Waals surface area (Å²) in [5.74, 6) is 0.863. The van der Waals surface area contributed by atoms with Crippen LogP contribution in [0.2, 0.25) is 10.0 Å². The van der Waals surface area contributed by atoms with Gasteiger partial charge < -0.3 is 5.32 Å². The number of anilines is 1. The van der Waals surface area contributed by atoms with Crippen LogP contribution in [0.1, 0.15) is 6.92 Å². The maximum Gasteiger partial charge on any atom is 0.238 e. The van der Waals surface area contributed by atoms with Crippen LogP contribution in [0, 0.1) is 0 Å². The average molecular weight is 394 g/mol. The summed E-state index contributed by atoms with van der Waals surface area (Å²) in [6.07, 6.45) is 1.47. The number of nitrogens with zero attached hydrogens (tertiary/aromatic N) is 3. The number of thioether (sulfide) groups is 1. The minimum atomic E-state index is -0.397. The molecule has 0 fully saturated rings. The van der Waals surface area contributed by atoms with Gasteiger partial charge in [0, 0.05) is 16.8 Å². The molecule has 0 saturated heterocycles. The molecule has 1 aromatic carbocycles. The molecule has 0 bridgehead atoms. The van der Waals surface area contributed by atoms with Crippen LogP contribution in [0.5, 0.6) is 0 Å². The predicted molar refractivity (Wildman–Crippen MR) is 100 cm³/mol. The zero-order chi connectivity index (χ0) is 17.8. The average Bonchev–Trinajstić information content (AvgIpc) is 3.06. The lowest BCUT2D eigenvalue weighted by atomic mass is 10.2. The van der Waals surface area contributed by atoms with Crippen molar-refractivity contribution in [2.45, 2.75) is 17.3 Å². The first-order chi connectivity index (χ1) is 12.0. The summed E-state index contributed by atoms with van der Waals surface area (Å²) >= 11 is 12.9. The molecule has 0 radical (unpaired) electrons.